The molecule has 0 aromatic heterocycles. The molecule has 0 aliphatic heterocycles. The van der Waals surface area contributed by atoms with Crippen molar-refractivity contribution in [1.82, 2.24) is 5.32 Å². The summed E-state index contributed by atoms with van der Waals surface area (Å²) in [5.74, 6) is -0.326. The first-order valence-corrected chi connectivity index (χ1v) is 9.02. The number of carbonyl (C=O) groups excluding carboxylic acids is 1. The fourth-order valence-electron chi connectivity index (χ4n) is 2.00. The first-order chi connectivity index (χ1) is 9.61. The van der Waals surface area contributed by atoms with Crippen LogP contribution in [0.25, 0.3) is 0 Å². The smallest absolute Gasteiger partial charge is 0.326 e. The van der Waals surface area contributed by atoms with Gasteiger partial charge < -0.3 is 10.4 Å². The van der Waals surface area contributed by atoms with Crippen LogP contribution < -0.4 is 5.32 Å². The minimum absolute atomic E-state index is 0. The fraction of sp³-hybridized carbons (Fsp3) is 0.867. The molecule has 0 aromatic carbocycles. The molecule has 1 amide bonds. The molecule has 6 heteroatoms. The summed E-state index contributed by atoms with van der Waals surface area (Å²) in [4.78, 5) is 22.7. The number of rotatable bonds is 13. The number of hydrogen-bond donors (Lipinski definition) is 2. The second-order valence-electron chi connectivity index (χ2n) is 5.11. The maximum Gasteiger partial charge on any atom is 0.326 e. The SMILES string of the molecule is CCCCCCCCCC(=O)N[C@@H](CCSC)C(=O)O.[Na]. The standard InChI is InChI=1S/C15H29NO3S.Na/c1-3-4-5-6-7-8-9-10-14(17)16-13(15(18)19)11-12-20-2;/h13H,3-12H2,1-2H3,(H,16,17)(H,18,19);/t13-;/m0./s1. The van der Waals surface area contributed by atoms with Crippen molar-refractivity contribution in [2.75, 3.05) is 12.0 Å². The van der Waals surface area contributed by atoms with Gasteiger partial charge in [0.25, 0.3) is 0 Å². The maximum atomic E-state index is 11.7. The van der Waals surface area contributed by atoms with Crippen molar-refractivity contribution in [1.29, 1.82) is 0 Å². The first-order valence-electron chi connectivity index (χ1n) is 7.63. The minimum atomic E-state index is -0.938. The summed E-state index contributed by atoms with van der Waals surface area (Å²) >= 11 is 1.59. The van der Waals surface area contributed by atoms with Gasteiger partial charge in [-0.3, -0.25) is 4.79 Å². The number of aliphatic carboxylic acids is 1. The molecule has 1 atom stereocenters. The van der Waals surface area contributed by atoms with E-state index in [2.05, 4.69) is 12.2 Å². The van der Waals surface area contributed by atoms with Crippen LogP contribution in [0.3, 0.4) is 0 Å². The normalized spacial score (nSPS) is 11.5. The summed E-state index contributed by atoms with van der Waals surface area (Å²) in [7, 11) is 0. The van der Waals surface area contributed by atoms with Gasteiger partial charge in [0, 0.05) is 36.0 Å². The molecule has 0 aliphatic carbocycles. The number of thioether (sulfide) groups is 1. The summed E-state index contributed by atoms with van der Waals surface area (Å²) in [6.07, 6.45) is 11.0. The second kappa shape index (κ2) is 16.7. The van der Waals surface area contributed by atoms with Crippen molar-refractivity contribution in [3.8, 4) is 0 Å². The van der Waals surface area contributed by atoms with Gasteiger partial charge in [0.05, 0.1) is 0 Å². The summed E-state index contributed by atoms with van der Waals surface area (Å²) < 4.78 is 0. The molecule has 0 rings (SSSR count). The van der Waals surface area contributed by atoms with Crippen molar-refractivity contribution in [2.45, 2.75) is 70.8 Å². The average molecular weight is 326 g/mol. The zero-order valence-corrected chi connectivity index (χ0v) is 16.6. The Bertz CT molecular complexity index is 278. The zero-order chi connectivity index (χ0) is 15.2. The summed E-state index contributed by atoms with van der Waals surface area (Å²) in [6, 6.07) is -0.737. The van der Waals surface area contributed by atoms with E-state index in [4.69, 9.17) is 5.11 Å². The molecular weight excluding hydrogens is 297 g/mol. The Morgan fingerprint density at radius 1 is 1.10 bits per heavy atom. The number of hydrogen-bond acceptors (Lipinski definition) is 3. The Balaban J connectivity index is 0. The molecule has 0 saturated carbocycles. The van der Waals surface area contributed by atoms with Gasteiger partial charge in [-0.2, -0.15) is 11.8 Å². The number of carbonyl (C=O) groups is 2. The Kier molecular flexibility index (Phi) is 18.7. The minimum Gasteiger partial charge on any atom is -0.480 e. The van der Waals surface area contributed by atoms with Gasteiger partial charge in [-0.05, 0) is 24.9 Å². The largest absolute Gasteiger partial charge is 0.480 e. The van der Waals surface area contributed by atoms with Crippen molar-refractivity contribution in [3.63, 3.8) is 0 Å². The molecule has 0 bridgehead atoms. The number of amides is 1. The van der Waals surface area contributed by atoms with Crippen LogP contribution >= 0.6 is 11.8 Å². The Labute approximate surface area is 155 Å². The van der Waals surface area contributed by atoms with Crippen LogP contribution in [-0.4, -0.2) is 64.6 Å². The van der Waals surface area contributed by atoms with Crippen LogP contribution in [0.5, 0.6) is 0 Å². The molecule has 4 nitrogen and oxygen atoms in total. The van der Waals surface area contributed by atoms with Gasteiger partial charge in [-0.25, -0.2) is 4.79 Å². The zero-order valence-electron chi connectivity index (χ0n) is 13.8. The van der Waals surface area contributed by atoms with Crippen molar-refractivity contribution < 1.29 is 14.7 Å². The van der Waals surface area contributed by atoms with Crippen LogP contribution in [-0.2, 0) is 9.59 Å². The van der Waals surface area contributed by atoms with Gasteiger partial charge in [0.2, 0.25) is 5.91 Å². The summed E-state index contributed by atoms with van der Waals surface area (Å²) in [6.45, 7) is 2.19. The van der Waals surface area contributed by atoms with Gasteiger partial charge in [-0.1, -0.05) is 45.4 Å². The van der Waals surface area contributed by atoms with Gasteiger partial charge in [-0.15, -0.1) is 0 Å². The van der Waals surface area contributed by atoms with Gasteiger partial charge >= 0.3 is 5.97 Å². The molecule has 0 heterocycles. The molecular formula is C15H29NNaO3S. The average Bonchev–Trinajstić information content (AvgIpc) is 2.42. The quantitative estimate of drug-likeness (QED) is 0.403. The van der Waals surface area contributed by atoms with E-state index in [1.807, 2.05) is 6.26 Å². The summed E-state index contributed by atoms with van der Waals surface area (Å²) in [5, 5.41) is 11.6. The van der Waals surface area contributed by atoms with E-state index in [1.54, 1.807) is 11.8 Å². The molecule has 0 saturated heterocycles. The number of carboxylic acid groups (broad SMARTS) is 1. The molecule has 0 unspecified atom stereocenters. The van der Waals surface area contributed by atoms with Crippen LogP contribution in [0.2, 0.25) is 0 Å². The Morgan fingerprint density at radius 3 is 2.19 bits per heavy atom. The maximum absolute atomic E-state index is 11.7. The van der Waals surface area contributed by atoms with Crippen LogP contribution in [0.4, 0.5) is 0 Å². The molecule has 0 aliphatic rings. The topological polar surface area (TPSA) is 66.4 Å². The van der Waals surface area contributed by atoms with E-state index in [0.29, 0.717) is 12.8 Å². The second-order valence-corrected chi connectivity index (χ2v) is 6.10. The van der Waals surface area contributed by atoms with Crippen LogP contribution in [0, 0.1) is 0 Å². The molecule has 0 fully saturated rings. The van der Waals surface area contributed by atoms with Crippen LogP contribution in [0.15, 0.2) is 0 Å². The van der Waals surface area contributed by atoms with E-state index in [1.165, 1.54) is 32.1 Å². The van der Waals surface area contributed by atoms with E-state index < -0.39 is 12.0 Å². The first kappa shape index (κ1) is 23.6. The van der Waals surface area contributed by atoms with E-state index in [0.717, 1.165) is 18.6 Å². The molecule has 21 heavy (non-hydrogen) atoms. The Morgan fingerprint density at radius 2 is 1.67 bits per heavy atom. The fourth-order valence-corrected chi connectivity index (χ4v) is 2.47. The predicted octanol–water partition coefficient (Wildman–Crippen LogP) is 3.07. The Hall–Kier alpha value is 0.290. The van der Waals surface area contributed by atoms with Gasteiger partial charge in [0.1, 0.15) is 6.04 Å². The number of nitrogens with one attached hydrogen (secondary N) is 1. The molecule has 119 valence electrons. The van der Waals surface area contributed by atoms with Crippen molar-refractivity contribution in [2.24, 2.45) is 0 Å². The van der Waals surface area contributed by atoms with E-state index in [9.17, 15) is 9.59 Å². The molecule has 2 N–H and O–H groups in total. The predicted molar refractivity (Wildman–Crippen MR) is 90.9 cm³/mol. The third-order valence-electron chi connectivity index (χ3n) is 3.25. The molecule has 0 aromatic rings. The number of unbranched alkanes of at least 4 members (excludes halogenated alkanes) is 6. The molecule has 1 radical (unpaired) electrons. The summed E-state index contributed by atoms with van der Waals surface area (Å²) in [5.41, 5.74) is 0. The van der Waals surface area contributed by atoms with Gasteiger partial charge in [0.15, 0.2) is 0 Å². The monoisotopic (exact) mass is 326 g/mol. The number of carboxylic acids is 1. The van der Waals surface area contributed by atoms with Crippen molar-refractivity contribution >= 4 is 53.2 Å². The van der Waals surface area contributed by atoms with E-state index >= 15 is 0 Å². The van der Waals surface area contributed by atoms with Crippen molar-refractivity contribution in [3.05, 3.63) is 0 Å². The molecule has 0 spiro atoms. The van der Waals surface area contributed by atoms with E-state index in [-0.39, 0.29) is 35.5 Å². The van der Waals surface area contributed by atoms with Crippen LogP contribution in [0.1, 0.15) is 64.7 Å². The third-order valence-corrected chi connectivity index (χ3v) is 3.90. The third kappa shape index (κ3) is 15.0.